The van der Waals surface area contributed by atoms with Crippen LogP contribution in [0.25, 0.3) is 0 Å². The van der Waals surface area contributed by atoms with E-state index in [0.717, 1.165) is 10.9 Å². The molecule has 0 aliphatic carbocycles. The summed E-state index contributed by atoms with van der Waals surface area (Å²) in [5.41, 5.74) is 0.652. The number of rotatable bonds is 6. The van der Waals surface area contributed by atoms with E-state index in [-0.39, 0.29) is 18.5 Å². The summed E-state index contributed by atoms with van der Waals surface area (Å²) < 4.78 is 14.2. The molecule has 0 bridgehead atoms. The van der Waals surface area contributed by atoms with Crippen LogP contribution < -0.4 is 5.32 Å². The molecule has 1 unspecified atom stereocenters. The van der Waals surface area contributed by atoms with Crippen LogP contribution in [0.1, 0.15) is 25.3 Å². The number of hydrogen-bond donors (Lipinski definition) is 2. The number of halogens is 2. The standard InChI is InChI=1S/C12H17BrFNO/c1-2-11(5-6-16)15-8-9-3-4-10(13)7-12(9)14/h3-4,7,11,15-16H,2,5-6,8H2,1H3. The third-order valence-electron chi connectivity index (χ3n) is 2.57. The average molecular weight is 290 g/mol. The van der Waals surface area contributed by atoms with Gasteiger partial charge in [-0.25, -0.2) is 4.39 Å². The molecule has 1 rings (SSSR count). The molecule has 1 atom stereocenters. The third-order valence-corrected chi connectivity index (χ3v) is 3.06. The van der Waals surface area contributed by atoms with Crippen LogP contribution in [0, 0.1) is 5.82 Å². The van der Waals surface area contributed by atoms with Crippen molar-refractivity contribution in [3.8, 4) is 0 Å². The van der Waals surface area contributed by atoms with Gasteiger partial charge in [0, 0.05) is 29.2 Å². The van der Waals surface area contributed by atoms with Crippen molar-refractivity contribution in [2.75, 3.05) is 6.61 Å². The molecule has 0 spiro atoms. The summed E-state index contributed by atoms with van der Waals surface area (Å²) in [4.78, 5) is 0. The summed E-state index contributed by atoms with van der Waals surface area (Å²) in [7, 11) is 0. The van der Waals surface area contributed by atoms with Crippen molar-refractivity contribution >= 4 is 15.9 Å². The zero-order chi connectivity index (χ0) is 12.0. The molecule has 0 amide bonds. The monoisotopic (exact) mass is 289 g/mol. The van der Waals surface area contributed by atoms with E-state index in [1.54, 1.807) is 6.07 Å². The van der Waals surface area contributed by atoms with Crippen LogP contribution in [0.5, 0.6) is 0 Å². The molecule has 2 N–H and O–H groups in total. The number of nitrogens with one attached hydrogen (secondary N) is 1. The molecule has 0 fully saturated rings. The average Bonchev–Trinajstić information content (AvgIpc) is 2.26. The smallest absolute Gasteiger partial charge is 0.128 e. The number of benzene rings is 1. The van der Waals surface area contributed by atoms with E-state index in [1.165, 1.54) is 6.07 Å². The fourth-order valence-electron chi connectivity index (χ4n) is 1.53. The van der Waals surface area contributed by atoms with E-state index in [9.17, 15) is 4.39 Å². The van der Waals surface area contributed by atoms with Gasteiger partial charge < -0.3 is 10.4 Å². The Kier molecular flexibility index (Phi) is 5.95. The topological polar surface area (TPSA) is 32.3 Å². The van der Waals surface area contributed by atoms with Gasteiger partial charge in [0.1, 0.15) is 5.82 Å². The predicted molar refractivity (Wildman–Crippen MR) is 66.7 cm³/mol. The molecule has 0 aliphatic heterocycles. The van der Waals surface area contributed by atoms with Gasteiger partial charge in [-0.1, -0.05) is 28.9 Å². The maximum absolute atomic E-state index is 13.5. The summed E-state index contributed by atoms with van der Waals surface area (Å²) in [6, 6.07) is 5.29. The lowest BCUT2D eigenvalue weighted by atomic mass is 10.1. The first-order chi connectivity index (χ1) is 7.67. The van der Waals surface area contributed by atoms with Gasteiger partial charge in [0.05, 0.1) is 0 Å². The number of aliphatic hydroxyl groups excluding tert-OH is 1. The highest BCUT2D eigenvalue weighted by Crippen LogP contribution is 2.15. The maximum atomic E-state index is 13.5. The van der Waals surface area contributed by atoms with Gasteiger partial charge >= 0.3 is 0 Å². The van der Waals surface area contributed by atoms with E-state index in [1.807, 2.05) is 13.0 Å². The van der Waals surface area contributed by atoms with Gasteiger partial charge in [0.15, 0.2) is 0 Å². The molecular formula is C12H17BrFNO. The Labute approximate surface area is 104 Å². The summed E-state index contributed by atoms with van der Waals surface area (Å²) in [6.07, 6.45) is 1.63. The Bertz CT molecular complexity index is 333. The van der Waals surface area contributed by atoms with Crippen LogP contribution in [-0.2, 0) is 6.54 Å². The summed E-state index contributed by atoms with van der Waals surface area (Å²) in [5, 5.41) is 12.1. The minimum Gasteiger partial charge on any atom is -0.396 e. The fraction of sp³-hybridized carbons (Fsp3) is 0.500. The predicted octanol–water partition coefficient (Wildman–Crippen LogP) is 2.84. The molecule has 0 saturated heterocycles. The largest absolute Gasteiger partial charge is 0.396 e. The lowest BCUT2D eigenvalue weighted by Crippen LogP contribution is -2.29. The second-order valence-corrected chi connectivity index (χ2v) is 4.65. The van der Waals surface area contributed by atoms with E-state index in [2.05, 4.69) is 21.2 Å². The molecule has 1 aromatic rings. The minimum absolute atomic E-state index is 0.161. The number of aliphatic hydroxyl groups is 1. The van der Waals surface area contributed by atoms with Crippen LogP contribution in [0.4, 0.5) is 4.39 Å². The molecule has 1 aromatic carbocycles. The van der Waals surface area contributed by atoms with Gasteiger partial charge in [-0.05, 0) is 25.0 Å². The second-order valence-electron chi connectivity index (χ2n) is 3.73. The summed E-state index contributed by atoms with van der Waals surface area (Å²) >= 11 is 3.22. The zero-order valence-corrected chi connectivity index (χ0v) is 10.9. The molecule has 90 valence electrons. The fourth-order valence-corrected chi connectivity index (χ4v) is 1.86. The van der Waals surface area contributed by atoms with E-state index in [4.69, 9.17) is 5.11 Å². The van der Waals surface area contributed by atoms with Gasteiger partial charge in [-0.3, -0.25) is 0 Å². The summed E-state index contributed by atoms with van der Waals surface area (Å²) in [6.45, 7) is 2.71. The third kappa shape index (κ3) is 4.20. The first-order valence-electron chi connectivity index (χ1n) is 5.45. The first kappa shape index (κ1) is 13.6. The normalized spacial score (nSPS) is 12.8. The van der Waals surface area contributed by atoms with Crippen molar-refractivity contribution in [3.05, 3.63) is 34.1 Å². The van der Waals surface area contributed by atoms with Crippen molar-refractivity contribution in [2.24, 2.45) is 0 Å². The van der Waals surface area contributed by atoms with Crippen molar-refractivity contribution in [1.29, 1.82) is 0 Å². The van der Waals surface area contributed by atoms with Crippen LogP contribution in [-0.4, -0.2) is 17.8 Å². The minimum atomic E-state index is -0.208. The Balaban J connectivity index is 2.53. The van der Waals surface area contributed by atoms with Crippen molar-refractivity contribution in [1.82, 2.24) is 5.32 Å². The quantitative estimate of drug-likeness (QED) is 0.844. The Morgan fingerprint density at radius 2 is 2.25 bits per heavy atom. The van der Waals surface area contributed by atoms with Crippen LogP contribution in [0.2, 0.25) is 0 Å². The van der Waals surface area contributed by atoms with E-state index in [0.29, 0.717) is 18.5 Å². The van der Waals surface area contributed by atoms with Gasteiger partial charge in [-0.15, -0.1) is 0 Å². The SMILES string of the molecule is CCC(CCO)NCc1ccc(Br)cc1F. The number of hydrogen-bond acceptors (Lipinski definition) is 2. The van der Waals surface area contributed by atoms with Gasteiger partial charge in [0.2, 0.25) is 0 Å². The van der Waals surface area contributed by atoms with Crippen LogP contribution in [0.15, 0.2) is 22.7 Å². The van der Waals surface area contributed by atoms with Crippen LogP contribution in [0.3, 0.4) is 0 Å². The molecule has 0 saturated carbocycles. The first-order valence-corrected chi connectivity index (χ1v) is 6.24. The zero-order valence-electron chi connectivity index (χ0n) is 9.34. The van der Waals surface area contributed by atoms with Crippen LogP contribution >= 0.6 is 15.9 Å². The highest BCUT2D eigenvalue weighted by molar-refractivity contribution is 9.10. The molecular weight excluding hydrogens is 273 g/mol. The molecule has 0 radical (unpaired) electrons. The highest BCUT2D eigenvalue weighted by Gasteiger charge is 2.07. The Morgan fingerprint density at radius 1 is 1.50 bits per heavy atom. The summed E-state index contributed by atoms with van der Waals surface area (Å²) in [5.74, 6) is -0.208. The maximum Gasteiger partial charge on any atom is 0.128 e. The molecule has 4 heteroatoms. The molecule has 2 nitrogen and oxygen atoms in total. The Morgan fingerprint density at radius 3 is 2.81 bits per heavy atom. The molecule has 16 heavy (non-hydrogen) atoms. The molecule has 0 heterocycles. The van der Waals surface area contributed by atoms with Gasteiger partial charge in [0.25, 0.3) is 0 Å². The van der Waals surface area contributed by atoms with E-state index < -0.39 is 0 Å². The lowest BCUT2D eigenvalue weighted by Gasteiger charge is -2.15. The van der Waals surface area contributed by atoms with Crippen molar-refractivity contribution < 1.29 is 9.50 Å². The van der Waals surface area contributed by atoms with Gasteiger partial charge in [-0.2, -0.15) is 0 Å². The highest BCUT2D eigenvalue weighted by atomic mass is 79.9. The molecule has 0 aromatic heterocycles. The van der Waals surface area contributed by atoms with Crippen molar-refractivity contribution in [2.45, 2.75) is 32.4 Å². The lowest BCUT2D eigenvalue weighted by molar-refractivity contribution is 0.261. The molecule has 0 aliphatic rings. The Hall–Kier alpha value is -0.450. The van der Waals surface area contributed by atoms with E-state index >= 15 is 0 Å². The van der Waals surface area contributed by atoms with Crippen molar-refractivity contribution in [3.63, 3.8) is 0 Å². The second kappa shape index (κ2) is 6.99.